The summed E-state index contributed by atoms with van der Waals surface area (Å²) in [6.07, 6.45) is 1.31. The Morgan fingerprint density at radius 3 is 2.84 bits per heavy atom. The van der Waals surface area contributed by atoms with E-state index in [1.807, 2.05) is 0 Å². The highest BCUT2D eigenvalue weighted by atomic mass is 16.9. The van der Waals surface area contributed by atoms with Crippen LogP contribution in [0.4, 0.5) is 0 Å². The number of carbonyl (C=O) groups is 1. The van der Waals surface area contributed by atoms with Crippen molar-refractivity contribution >= 4 is 5.91 Å². The number of aromatic nitrogens is 1. The first-order valence-corrected chi connectivity index (χ1v) is 5.48. The summed E-state index contributed by atoms with van der Waals surface area (Å²) >= 11 is 0. The van der Waals surface area contributed by atoms with Crippen LogP contribution in [0.25, 0.3) is 0 Å². The SMILES string of the molecule is [2H]C(C)(NC(=O)c1cnc(C)c(C)c1C)C([2H])([2H])O[N+](=O)[O-]. The van der Waals surface area contributed by atoms with Gasteiger partial charge in [0.1, 0.15) is 6.56 Å². The molecule has 0 aromatic carbocycles. The third-order valence-electron chi connectivity index (χ3n) is 2.72. The Morgan fingerprint density at radius 2 is 2.26 bits per heavy atom. The van der Waals surface area contributed by atoms with Crippen molar-refractivity contribution in [3.63, 3.8) is 0 Å². The van der Waals surface area contributed by atoms with E-state index in [0.717, 1.165) is 18.2 Å². The maximum absolute atomic E-state index is 12.2. The summed E-state index contributed by atoms with van der Waals surface area (Å²) in [5, 5.41) is 11.0. The lowest BCUT2D eigenvalue weighted by molar-refractivity contribution is -0.758. The standard InChI is InChI=1S/C12H17N3O4/c1-7(6-19-15(17)18)14-12(16)11-5-13-10(4)8(2)9(11)3/h5,7H,6H2,1-4H3,(H,14,16)/i6D2,7D. The summed E-state index contributed by atoms with van der Waals surface area (Å²) in [6.45, 7) is 3.21. The number of amides is 1. The van der Waals surface area contributed by atoms with Gasteiger partial charge in [0.05, 0.1) is 15.7 Å². The third-order valence-corrected chi connectivity index (χ3v) is 2.72. The van der Waals surface area contributed by atoms with Gasteiger partial charge in [-0.25, -0.2) is 0 Å². The summed E-state index contributed by atoms with van der Waals surface area (Å²) in [7, 11) is 0. The van der Waals surface area contributed by atoms with E-state index in [-0.39, 0.29) is 5.56 Å². The van der Waals surface area contributed by atoms with Crippen molar-refractivity contribution in [1.29, 1.82) is 0 Å². The Morgan fingerprint density at radius 1 is 1.63 bits per heavy atom. The van der Waals surface area contributed by atoms with Crippen molar-refractivity contribution in [2.24, 2.45) is 0 Å². The van der Waals surface area contributed by atoms with Gasteiger partial charge in [-0.15, -0.1) is 10.1 Å². The minimum absolute atomic E-state index is 0.165. The Balaban J connectivity index is 3.06. The molecule has 0 spiro atoms. The van der Waals surface area contributed by atoms with E-state index >= 15 is 0 Å². The highest BCUT2D eigenvalue weighted by Gasteiger charge is 2.15. The van der Waals surface area contributed by atoms with Crippen LogP contribution < -0.4 is 5.32 Å². The number of hydrogen-bond donors (Lipinski definition) is 1. The molecule has 0 fully saturated rings. The van der Waals surface area contributed by atoms with Gasteiger partial charge in [-0.1, -0.05) is 0 Å². The monoisotopic (exact) mass is 270 g/mol. The Hall–Kier alpha value is -2.18. The Bertz CT molecular complexity index is 620. The minimum Gasteiger partial charge on any atom is -0.348 e. The summed E-state index contributed by atoms with van der Waals surface area (Å²) in [5.41, 5.74) is 2.34. The van der Waals surface area contributed by atoms with Crippen LogP contribution in [0.5, 0.6) is 0 Å². The first-order chi connectivity index (χ1) is 9.89. The molecule has 0 bridgehead atoms. The topological polar surface area (TPSA) is 94.4 Å². The van der Waals surface area contributed by atoms with Crippen LogP contribution in [-0.4, -0.2) is 28.6 Å². The number of nitrogens with zero attached hydrogens (tertiary/aromatic N) is 2. The van der Waals surface area contributed by atoms with Crippen LogP contribution >= 0.6 is 0 Å². The predicted octanol–water partition coefficient (Wildman–Crippen LogP) is 1.33. The van der Waals surface area contributed by atoms with Crippen LogP contribution in [0.3, 0.4) is 0 Å². The zero-order valence-corrected chi connectivity index (χ0v) is 11.1. The molecule has 1 rings (SSSR count). The van der Waals surface area contributed by atoms with Gasteiger partial charge >= 0.3 is 0 Å². The molecule has 0 aliphatic rings. The van der Waals surface area contributed by atoms with Gasteiger partial charge in [-0.05, 0) is 38.8 Å². The predicted molar refractivity (Wildman–Crippen MR) is 68.3 cm³/mol. The van der Waals surface area contributed by atoms with Crippen molar-refractivity contribution in [2.75, 3.05) is 6.56 Å². The second-order valence-electron chi connectivity index (χ2n) is 4.00. The number of nitrogens with one attached hydrogen (secondary N) is 1. The van der Waals surface area contributed by atoms with Gasteiger partial charge in [0.25, 0.3) is 11.0 Å². The average Bonchev–Trinajstić information content (AvgIpc) is 2.33. The molecule has 7 nitrogen and oxygen atoms in total. The van der Waals surface area contributed by atoms with Gasteiger partial charge in [-0.3, -0.25) is 9.78 Å². The van der Waals surface area contributed by atoms with Gasteiger partial charge < -0.3 is 10.2 Å². The molecule has 0 aliphatic carbocycles. The highest BCUT2D eigenvalue weighted by molar-refractivity contribution is 5.95. The summed E-state index contributed by atoms with van der Waals surface area (Å²) in [5.74, 6) is -0.763. The zero-order valence-electron chi connectivity index (χ0n) is 14.1. The second-order valence-corrected chi connectivity index (χ2v) is 4.00. The second kappa shape index (κ2) is 6.12. The molecule has 19 heavy (non-hydrogen) atoms. The fraction of sp³-hybridized carbons (Fsp3) is 0.500. The van der Waals surface area contributed by atoms with E-state index in [1.54, 1.807) is 20.8 Å². The molecule has 1 atom stereocenters. The van der Waals surface area contributed by atoms with Crippen LogP contribution in [0.15, 0.2) is 6.20 Å². The van der Waals surface area contributed by atoms with E-state index in [1.165, 1.54) is 6.20 Å². The van der Waals surface area contributed by atoms with Crippen molar-refractivity contribution in [3.8, 4) is 0 Å². The van der Waals surface area contributed by atoms with Gasteiger partial charge in [0.15, 0.2) is 0 Å². The molecule has 1 aromatic rings. The molecular formula is C12H17N3O4. The van der Waals surface area contributed by atoms with E-state index in [4.69, 9.17) is 4.11 Å². The Kier molecular flexibility index (Phi) is 3.45. The quantitative estimate of drug-likeness (QED) is 0.643. The number of hydrogen-bond acceptors (Lipinski definition) is 5. The average molecular weight is 270 g/mol. The number of aryl methyl sites for hydroxylation is 1. The number of pyridine rings is 1. The zero-order chi connectivity index (χ0) is 17.3. The summed E-state index contributed by atoms with van der Waals surface area (Å²) < 4.78 is 22.7. The van der Waals surface area contributed by atoms with Gasteiger partial charge in [0, 0.05) is 11.9 Å². The normalized spacial score (nSPS) is 16.5. The molecule has 1 amide bonds. The summed E-state index contributed by atoms with van der Waals surface area (Å²) in [6, 6.07) is -2.37. The van der Waals surface area contributed by atoms with Crippen LogP contribution in [-0.2, 0) is 4.84 Å². The molecule has 0 radical (unpaired) electrons. The largest absolute Gasteiger partial charge is 0.348 e. The fourth-order valence-corrected chi connectivity index (χ4v) is 1.43. The van der Waals surface area contributed by atoms with E-state index in [9.17, 15) is 14.9 Å². The van der Waals surface area contributed by atoms with Crippen LogP contribution in [0.1, 0.15) is 38.2 Å². The van der Waals surface area contributed by atoms with Gasteiger partial charge in [0.2, 0.25) is 0 Å². The lowest BCUT2D eigenvalue weighted by atomic mass is 10.0. The van der Waals surface area contributed by atoms with Crippen molar-refractivity contribution < 1.29 is 18.8 Å². The number of carbonyl (C=O) groups excluding carboxylic acids is 1. The summed E-state index contributed by atoms with van der Waals surface area (Å²) in [4.78, 5) is 30.4. The molecular weight excluding hydrogens is 250 g/mol. The maximum Gasteiger partial charge on any atom is 0.294 e. The van der Waals surface area contributed by atoms with Crippen molar-refractivity contribution in [3.05, 3.63) is 38.7 Å². The molecule has 7 heteroatoms. The third kappa shape index (κ3) is 3.90. The first-order valence-electron chi connectivity index (χ1n) is 6.98. The molecule has 1 unspecified atom stereocenters. The van der Waals surface area contributed by atoms with E-state index in [0.29, 0.717) is 5.56 Å². The van der Waals surface area contributed by atoms with E-state index < -0.39 is 23.6 Å². The molecule has 104 valence electrons. The van der Waals surface area contributed by atoms with Crippen LogP contribution in [0, 0.1) is 30.9 Å². The molecule has 1 N–H and O–H groups in total. The molecule has 1 heterocycles. The fourth-order valence-electron chi connectivity index (χ4n) is 1.43. The van der Waals surface area contributed by atoms with Crippen molar-refractivity contribution in [1.82, 2.24) is 10.3 Å². The lowest BCUT2D eigenvalue weighted by Crippen LogP contribution is -2.37. The molecule has 0 saturated heterocycles. The lowest BCUT2D eigenvalue weighted by Gasteiger charge is -2.15. The minimum atomic E-state index is -3.02. The van der Waals surface area contributed by atoms with Crippen molar-refractivity contribution in [2.45, 2.75) is 33.7 Å². The molecule has 0 saturated carbocycles. The molecule has 1 aromatic heterocycles. The number of rotatable bonds is 5. The van der Waals surface area contributed by atoms with Gasteiger partial charge in [-0.2, -0.15) is 0 Å². The highest BCUT2D eigenvalue weighted by Crippen LogP contribution is 2.14. The first kappa shape index (κ1) is 10.7. The van der Waals surface area contributed by atoms with E-state index in [2.05, 4.69) is 15.1 Å². The smallest absolute Gasteiger partial charge is 0.294 e. The Labute approximate surface area is 115 Å². The van der Waals surface area contributed by atoms with Crippen LogP contribution in [0.2, 0.25) is 0 Å². The molecule has 0 aliphatic heterocycles. The maximum atomic E-state index is 12.2.